The van der Waals surface area contributed by atoms with Crippen molar-refractivity contribution in [2.45, 2.75) is 45.6 Å². The molecular formula is C15H22N4. The first-order valence-electron chi connectivity index (χ1n) is 7.01. The first kappa shape index (κ1) is 13.7. The number of hydrogen-bond acceptors (Lipinski definition) is 3. The van der Waals surface area contributed by atoms with E-state index in [0.717, 1.165) is 30.6 Å². The van der Waals surface area contributed by atoms with Gasteiger partial charge in [-0.3, -0.25) is 0 Å². The average Bonchev–Trinajstić information content (AvgIpc) is 2.90. The Morgan fingerprint density at radius 1 is 1.16 bits per heavy atom. The van der Waals surface area contributed by atoms with Crippen LogP contribution in [0.15, 0.2) is 30.5 Å². The van der Waals surface area contributed by atoms with Crippen LogP contribution in [0.25, 0.3) is 5.69 Å². The van der Waals surface area contributed by atoms with Crippen molar-refractivity contribution in [1.29, 1.82) is 0 Å². The van der Waals surface area contributed by atoms with Gasteiger partial charge in [0, 0.05) is 0 Å². The van der Waals surface area contributed by atoms with E-state index in [1.54, 1.807) is 4.68 Å². The lowest BCUT2D eigenvalue weighted by atomic mass is 10.1. The van der Waals surface area contributed by atoms with Crippen molar-refractivity contribution < 1.29 is 0 Å². The summed E-state index contributed by atoms with van der Waals surface area (Å²) in [6, 6.07) is 8.43. The van der Waals surface area contributed by atoms with Crippen LogP contribution in [0.2, 0.25) is 0 Å². The first-order valence-corrected chi connectivity index (χ1v) is 7.01. The van der Waals surface area contributed by atoms with Crippen LogP contribution >= 0.6 is 0 Å². The van der Waals surface area contributed by atoms with Crippen molar-refractivity contribution in [2.24, 2.45) is 5.73 Å². The highest BCUT2D eigenvalue weighted by atomic mass is 15.4. The van der Waals surface area contributed by atoms with Gasteiger partial charge in [0.05, 0.1) is 23.6 Å². The zero-order valence-corrected chi connectivity index (χ0v) is 11.7. The molecule has 0 aliphatic rings. The summed E-state index contributed by atoms with van der Waals surface area (Å²) in [5, 5.41) is 8.31. The number of aryl methyl sites for hydroxylation is 1. The van der Waals surface area contributed by atoms with E-state index in [4.69, 9.17) is 5.73 Å². The predicted molar refractivity (Wildman–Crippen MR) is 77.2 cm³/mol. The number of benzene rings is 1. The summed E-state index contributed by atoms with van der Waals surface area (Å²) in [7, 11) is 0. The van der Waals surface area contributed by atoms with Gasteiger partial charge >= 0.3 is 0 Å². The lowest BCUT2D eigenvalue weighted by molar-refractivity contribution is 0.619. The molecule has 0 aliphatic carbocycles. The van der Waals surface area contributed by atoms with Gasteiger partial charge in [0.25, 0.3) is 0 Å². The Labute approximate surface area is 114 Å². The van der Waals surface area contributed by atoms with E-state index in [9.17, 15) is 0 Å². The fourth-order valence-corrected chi connectivity index (χ4v) is 2.14. The molecule has 0 saturated heterocycles. The standard InChI is InChI=1S/C15H22N4/c1-3-5-12-7-9-13(10-8-12)19-11-15(17-18-19)14(16)6-4-2/h7-11,14H,3-6,16H2,1-2H3. The van der Waals surface area contributed by atoms with Gasteiger partial charge in [-0.1, -0.05) is 44.0 Å². The molecule has 4 nitrogen and oxygen atoms in total. The highest BCUT2D eigenvalue weighted by Crippen LogP contribution is 2.15. The molecule has 1 aromatic heterocycles. The molecule has 0 fully saturated rings. The summed E-state index contributed by atoms with van der Waals surface area (Å²) in [5.74, 6) is 0. The van der Waals surface area contributed by atoms with Crippen LogP contribution in [0, 0.1) is 0 Å². The quantitative estimate of drug-likeness (QED) is 0.866. The van der Waals surface area contributed by atoms with E-state index in [1.165, 1.54) is 12.0 Å². The lowest BCUT2D eigenvalue weighted by Gasteiger charge is -2.05. The van der Waals surface area contributed by atoms with Crippen LogP contribution in [-0.2, 0) is 6.42 Å². The van der Waals surface area contributed by atoms with Crippen molar-refractivity contribution in [1.82, 2.24) is 15.0 Å². The van der Waals surface area contributed by atoms with Crippen molar-refractivity contribution in [3.05, 3.63) is 41.7 Å². The van der Waals surface area contributed by atoms with Crippen molar-refractivity contribution in [3.63, 3.8) is 0 Å². The van der Waals surface area contributed by atoms with Gasteiger partial charge < -0.3 is 5.73 Å². The number of nitrogens with zero attached hydrogens (tertiary/aromatic N) is 3. The molecule has 1 heterocycles. The van der Waals surface area contributed by atoms with Gasteiger partial charge in [-0.05, 0) is 30.5 Å². The molecule has 4 heteroatoms. The maximum Gasteiger partial charge on any atom is 0.0998 e. The zero-order chi connectivity index (χ0) is 13.7. The van der Waals surface area contributed by atoms with E-state index >= 15 is 0 Å². The first-order chi connectivity index (χ1) is 9.24. The number of rotatable bonds is 6. The van der Waals surface area contributed by atoms with E-state index in [2.05, 4.69) is 48.4 Å². The lowest BCUT2D eigenvalue weighted by Crippen LogP contribution is -2.10. The molecule has 2 rings (SSSR count). The third-order valence-electron chi connectivity index (χ3n) is 3.23. The molecule has 0 bridgehead atoms. The van der Waals surface area contributed by atoms with Crippen LogP contribution in [0.5, 0.6) is 0 Å². The molecule has 0 radical (unpaired) electrons. The Morgan fingerprint density at radius 2 is 1.89 bits per heavy atom. The Kier molecular flexibility index (Phi) is 4.68. The number of aromatic nitrogens is 3. The highest BCUT2D eigenvalue weighted by molar-refractivity contribution is 5.34. The molecule has 1 unspecified atom stereocenters. The SMILES string of the molecule is CCCc1ccc(-n2cc(C(N)CCC)nn2)cc1. The maximum atomic E-state index is 6.04. The summed E-state index contributed by atoms with van der Waals surface area (Å²) in [6.45, 7) is 4.31. The average molecular weight is 258 g/mol. The van der Waals surface area contributed by atoms with Gasteiger partial charge in [0.2, 0.25) is 0 Å². The molecule has 2 aromatic rings. The number of hydrogen-bond donors (Lipinski definition) is 1. The monoisotopic (exact) mass is 258 g/mol. The summed E-state index contributed by atoms with van der Waals surface area (Å²) < 4.78 is 1.79. The van der Waals surface area contributed by atoms with Crippen LogP contribution in [0.3, 0.4) is 0 Å². The Morgan fingerprint density at radius 3 is 2.53 bits per heavy atom. The van der Waals surface area contributed by atoms with Gasteiger partial charge in [-0.2, -0.15) is 0 Å². The second-order valence-electron chi connectivity index (χ2n) is 4.90. The molecule has 1 atom stereocenters. The van der Waals surface area contributed by atoms with Gasteiger partial charge in [0.15, 0.2) is 0 Å². The highest BCUT2D eigenvalue weighted by Gasteiger charge is 2.10. The molecule has 0 amide bonds. The minimum Gasteiger partial charge on any atom is -0.323 e. The van der Waals surface area contributed by atoms with Crippen molar-refractivity contribution in [2.75, 3.05) is 0 Å². The van der Waals surface area contributed by atoms with E-state index in [-0.39, 0.29) is 6.04 Å². The largest absolute Gasteiger partial charge is 0.323 e. The van der Waals surface area contributed by atoms with Crippen LogP contribution < -0.4 is 5.73 Å². The second kappa shape index (κ2) is 6.48. The molecule has 19 heavy (non-hydrogen) atoms. The third kappa shape index (κ3) is 3.41. The smallest absolute Gasteiger partial charge is 0.0998 e. The summed E-state index contributed by atoms with van der Waals surface area (Å²) in [5.41, 5.74) is 9.29. The van der Waals surface area contributed by atoms with Gasteiger partial charge in [-0.15, -0.1) is 5.10 Å². The summed E-state index contributed by atoms with van der Waals surface area (Å²) in [4.78, 5) is 0. The summed E-state index contributed by atoms with van der Waals surface area (Å²) in [6.07, 6.45) is 6.20. The fraction of sp³-hybridized carbons (Fsp3) is 0.467. The number of nitrogens with two attached hydrogens (primary N) is 1. The Balaban J connectivity index is 2.13. The van der Waals surface area contributed by atoms with Gasteiger partial charge in [-0.25, -0.2) is 4.68 Å². The molecule has 102 valence electrons. The minimum atomic E-state index is -0.0156. The Bertz CT molecular complexity index is 501. The third-order valence-corrected chi connectivity index (χ3v) is 3.23. The maximum absolute atomic E-state index is 6.04. The normalized spacial score (nSPS) is 12.6. The Hall–Kier alpha value is -1.68. The zero-order valence-electron chi connectivity index (χ0n) is 11.7. The molecule has 0 aliphatic heterocycles. The van der Waals surface area contributed by atoms with Crippen molar-refractivity contribution >= 4 is 0 Å². The molecule has 1 aromatic carbocycles. The molecule has 0 spiro atoms. The molecule has 2 N–H and O–H groups in total. The minimum absolute atomic E-state index is 0.0156. The van der Waals surface area contributed by atoms with Crippen LogP contribution in [0.4, 0.5) is 0 Å². The topological polar surface area (TPSA) is 56.7 Å². The van der Waals surface area contributed by atoms with E-state index < -0.39 is 0 Å². The second-order valence-corrected chi connectivity index (χ2v) is 4.90. The summed E-state index contributed by atoms with van der Waals surface area (Å²) >= 11 is 0. The molecular weight excluding hydrogens is 236 g/mol. The van der Waals surface area contributed by atoms with E-state index in [1.807, 2.05) is 6.20 Å². The van der Waals surface area contributed by atoms with Crippen LogP contribution in [0.1, 0.15) is 50.4 Å². The molecule has 0 saturated carbocycles. The predicted octanol–water partition coefficient (Wildman–Crippen LogP) is 3.02. The van der Waals surface area contributed by atoms with Gasteiger partial charge in [0.1, 0.15) is 0 Å². The fourth-order valence-electron chi connectivity index (χ4n) is 2.14. The van der Waals surface area contributed by atoms with Crippen molar-refractivity contribution in [3.8, 4) is 5.69 Å². The van der Waals surface area contributed by atoms with Crippen LogP contribution in [-0.4, -0.2) is 15.0 Å². The van der Waals surface area contributed by atoms with E-state index in [0.29, 0.717) is 0 Å².